The van der Waals surface area contributed by atoms with Gasteiger partial charge in [-0.15, -0.1) is 0 Å². The van der Waals surface area contributed by atoms with E-state index in [-0.39, 0.29) is 49.9 Å². The first-order valence-corrected chi connectivity index (χ1v) is 13.9. The summed E-state index contributed by atoms with van der Waals surface area (Å²) in [7, 11) is 0. The number of hydrogen-bond acceptors (Lipinski definition) is 5. The van der Waals surface area contributed by atoms with E-state index in [1.54, 1.807) is 0 Å². The summed E-state index contributed by atoms with van der Waals surface area (Å²) in [6.45, 7) is -0.951. The van der Waals surface area contributed by atoms with Gasteiger partial charge >= 0.3 is 5.97 Å². The molecule has 2 unspecified atom stereocenters. The van der Waals surface area contributed by atoms with Crippen molar-refractivity contribution >= 4 is 75.6 Å². The fourth-order valence-corrected chi connectivity index (χ4v) is 7.96. The van der Waals surface area contributed by atoms with Gasteiger partial charge in [0, 0.05) is 44.8 Å². The lowest BCUT2D eigenvalue weighted by atomic mass is 9.73. The van der Waals surface area contributed by atoms with E-state index in [1.807, 2.05) is 0 Å². The zero-order chi connectivity index (χ0) is 28.9. The maximum absolute atomic E-state index is 15.1. The first-order valence-electron chi connectivity index (χ1n) is 12.4. The van der Waals surface area contributed by atoms with Crippen LogP contribution in [0.1, 0.15) is 24.8 Å². The van der Waals surface area contributed by atoms with Crippen molar-refractivity contribution in [2.45, 2.75) is 48.9 Å². The van der Waals surface area contributed by atoms with E-state index < -0.39 is 72.2 Å². The molecule has 2 aromatic carbocycles. The Hall–Kier alpha value is -2.21. The highest BCUT2D eigenvalue weighted by atomic mass is 35.5. The molecule has 3 aliphatic heterocycles. The van der Waals surface area contributed by atoms with E-state index >= 15 is 8.78 Å². The second kappa shape index (κ2) is 9.40. The molecule has 0 bridgehead atoms. The first kappa shape index (κ1) is 27.9. The Morgan fingerprint density at radius 1 is 1.02 bits per heavy atom. The van der Waals surface area contributed by atoms with Gasteiger partial charge in [-0.25, -0.2) is 8.78 Å². The molecule has 2 saturated heterocycles. The number of alkyl halides is 2. The minimum Gasteiger partial charge on any atom is -0.481 e. The number of halogens is 6. The van der Waals surface area contributed by atoms with Gasteiger partial charge in [-0.05, 0) is 43.2 Å². The number of fused-ring (bicyclic) bond motifs is 4. The Morgan fingerprint density at radius 2 is 1.65 bits per heavy atom. The standard InChI is InChI=1S/C26H21Cl4F2N3O5/c27-10-1-11(28)3-13(2-10)35(14-6-15(36)7-14)22(37)19-18-8-25(31,32)9-34(18)26(20(19)23(38)39)16-4-12(29)5-17(30)21(16)33-24(26)40/h1-5,14-15,18-20,36H,6-9H2,(H,33,40)(H,38,39)/t14?,15?,18-,19?,20?,26+/m1/s1. The number of aliphatic hydroxyl groups is 1. The number of rotatable bonds is 4. The summed E-state index contributed by atoms with van der Waals surface area (Å²) >= 11 is 25.0. The van der Waals surface area contributed by atoms with E-state index in [9.17, 15) is 24.6 Å². The number of anilines is 2. The summed E-state index contributed by atoms with van der Waals surface area (Å²) in [6, 6.07) is 5.13. The van der Waals surface area contributed by atoms with Crippen LogP contribution in [0.3, 0.4) is 0 Å². The van der Waals surface area contributed by atoms with Gasteiger partial charge in [0.2, 0.25) is 5.91 Å². The lowest BCUT2D eigenvalue weighted by Crippen LogP contribution is -2.56. The average Bonchev–Trinajstić information content (AvgIpc) is 3.38. The molecule has 212 valence electrons. The topological polar surface area (TPSA) is 110 Å². The highest BCUT2D eigenvalue weighted by Gasteiger charge is 2.75. The van der Waals surface area contributed by atoms with Gasteiger partial charge in [-0.2, -0.15) is 0 Å². The molecule has 4 atom stereocenters. The van der Waals surface area contributed by atoms with Crippen LogP contribution in [-0.2, 0) is 19.9 Å². The number of carbonyl (C=O) groups excluding carboxylic acids is 2. The molecular weight excluding hydrogens is 614 g/mol. The highest BCUT2D eigenvalue weighted by molar-refractivity contribution is 6.38. The van der Waals surface area contributed by atoms with E-state index in [2.05, 4.69) is 5.32 Å². The molecule has 1 spiro atoms. The van der Waals surface area contributed by atoms with Crippen molar-refractivity contribution < 1.29 is 33.4 Å². The molecule has 1 saturated carbocycles. The van der Waals surface area contributed by atoms with Gasteiger partial charge < -0.3 is 20.4 Å². The van der Waals surface area contributed by atoms with Crippen LogP contribution in [-0.4, -0.2) is 63.6 Å². The van der Waals surface area contributed by atoms with Gasteiger partial charge in [0.25, 0.3) is 11.8 Å². The molecule has 0 aromatic heterocycles. The molecule has 4 aliphatic rings. The van der Waals surface area contributed by atoms with Gasteiger partial charge in [-0.1, -0.05) is 46.4 Å². The number of benzene rings is 2. The molecule has 6 rings (SSSR count). The van der Waals surface area contributed by atoms with Crippen molar-refractivity contribution in [3.63, 3.8) is 0 Å². The zero-order valence-electron chi connectivity index (χ0n) is 20.4. The van der Waals surface area contributed by atoms with Gasteiger partial charge in [-0.3, -0.25) is 19.3 Å². The molecular formula is C26H21Cl4F2N3O5. The highest BCUT2D eigenvalue weighted by Crippen LogP contribution is 2.61. The smallest absolute Gasteiger partial charge is 0.310 e. The average molecular weight is 635 g/mol. The summed E-state index contributed by atoms with van der Waals surface area (Å²) in [5.74, 6) is -9.88. The third kappa shape index (κ3) is 4.02. The van der Waals surface area contributed by atoms with Crippen LogP contribution in [0, 0.1) is 11.8 Å². The lowest BCUT2D eigenvalue weighted by Gasteiger charge is -2.43. The number of nitrogens with one attached hydrogen (secondary N) is 1. The second-order valence-corrected chi connectivity index (χ2v) is 12.5. The molecule has 2 amide bonds. The van der Waals surface area contributed by atoms with Crippen LogP contribution in [0.4, 0.5) is 20.2 Å². The van der Waals surface area contributed by atoms with Crippen LogP contribution >= 0.6 is 46.4 Å². The predicted molar refractivity (Wildman–Crippen MR) is 144 cm³/mol. The quantitative estimate of drug-likeness (QED) is 0.435. The van der Waals surface area contributed by atoms with Gasteiger partial charge in [0.15, 0.2) is 0 Å². The Labute approximate surface area is 246 Å². The van der Waals surface area contributed by atoms with Crippen LogP contribution in [0.5, 0.6) is 0 Å². The van der Waals surface area contributed by atoms with E-state index in [0.29, 0.717) is 0 Å². The summed E-state index contributed by atoms with van der Waals surface area (Å²) in [6.07, 6.45) is -1.21. The maximum atomic E-state index is 15.1. The number of carbonyl (C=O) groups is 3. The zero-order valence-corrected chi connectivity index (χ0v) is 23.4. The van der Waals surface area contributed by atoms with E-state index in [0.717, 1.165) is 4.90 Å². The monoisotopic (exact) mass is 633 g/mol. The molecule has 3 heterocycles. The normalized spacial score (nSPS) is 32.0. The fourth-order valence-electron chi connectivity index (χ4n) is 6.91. The van der Waals surface area contributed by atoms with E-state index in [1.165, 1.54) is 35.2 Å². The lowest BCUT2D eigenvalue weighted by molar-refractivity contribution is -0.153. The van der Waals surface area contributed by atoms with Gasteiger partial charge in [0.05, 0.1) is 29.3 Å². The Bertz CT molecular complexity index is 1450. The molecule has 8 nitrogen and oxygen atoms in total. The molecule has 40 heavy (non-hydrogen) atoms. The second-order valence-electron chi connectivity index (χ2n) is 10.7. The van der Waals surface area contributed by atoms with Crippen LogP contribution in [0.2, 0.25) is 20.1 Å². The molecule has 14 heteroatoms. The first-order chi connectivity index (χ1) is 18.7. The summed E-state index contributed by atoms with van der Waals surface area (Å²) < 4.78 is 30.2. The summed E-state index contributed by atoms with van der Waals surface area (Å²) in [5, 5.41) is 23.7. The largest absolute Gasteiger partial charge is 0.481 e. The van der Waals surface area contributed by atoms with Crippen LogP contribution < -0.4 is 10.2 Å². The molecule has 1 aliphatic carbocycles. The molecule has 3 N–H and O–H groups in total. The Kier molecular flexibility index (Phi) is 6.57. The van der Waals surface area contributed by atoms with Crippen molar-refractivity contribution in [2.75, 3.05) is 16.8 Å². The Balaban J connectivity index is 1.55. The fraction of sp³-hybridized carbons (Fsp3) is 0.423. The van der Waals surface area contributed by atoms with Crippen molar-refractivity contribution in [3.8, 4) is 0 Å². The number of carboxylic acid groups (broad SMARTS) is 1. The van der Waals surface area contributed by atoms with Crippen molar-refractivity contribution in [1.29, 1.82) is 0 Å². The van der Waals surface area contributed by atoms with Crippen molar-refractivity contribution in [2.24, 2.45) is 11.8 Å². The number of aliphatic carboxylic acids is 1. The summed E-state index contributed by atoms with van der Waals surface area (Å²) in [4.78, 5) is 43.7. The third-order valence-electron chi connectivity index (χ3n) is 8.40. The number of amides is 2. The minimum atomic E-state index is -3.32. The van der Waals surface area contributed by atoms with E-state index in [4.69, 9.17) is 46.4 Å². The molecule has 0 radical (unpaired) electrons. The number of aliphatic hydroxyl groups excluding tert-OH is 1. The van der Waals surface area contributed by atoms with Gasteiger partial charge in [0.1, 0.15) is 11.5 Å². The van der Waals surface area contributed by atoms with Crippen molar-refractivity contribution in [1.82, 2.24) is 4.90 Å². The molecule has 3 fully saturated rings. The number of carboxylic acids is 1. The maximum Gasteiger partial charge on any atom is 0.310 e. The predicted octanol–water partition coefficient (Wildman–Crippen LogP) is 5.04. The number of nitrogens with zero attached hydrogens (tertiary/aromatic N) is 2. The third-order valence-corrected chi connectivity index (χ3v) is 9.36. The SMILES string of the molecule is O=C(O)C1C(C(=O)N(c2cc(Cl)cc(Cl)c2)C2CC(O)C2)[C@H]2CC(F)(F)CN2[C@]12C(=O)Nc1c(Cl)cc(Cl)cc12. The summed E-state index contributed by atoms with van der Waals surface area (Å²) in [5.41, 5.74) is -1.87. The van der Waals surface area contributed by atoms with Crippen molar-refractivity contribution in [3.05, 3.63) is 56.0 Å². The van der Waals surface area contributed by atoms with Crippen LogP contribution in [0.15, 0.2) is 30.3 Å². The Morgan fingerprint density at radius 3 is 2.25 bits per heavy atom. The van der Waals surface area contributed by atoms with Crippen LogP contribution in [0.25, 0.3) is 0 Å². The number of hydrogen-bond donors (Lipinski definition) is 3. The minimum absolute atomic E-state index is 0.00722. The molecule has 2 aromatic rings.